The van der Waals surface area contributed by atoms with Crippen molar-refractivity contribution in [3.05, 3.63) is 24.3 Å². The summed E-state index contributed by atoms with van der Waals surface area (Å²) in [7, 11) is 0. The van der Waals surface area contributed by atoms with Crippen LogP contribution in [0.3, 0.4) is 0 Å². The Kier molecular flexibility index (Phi) is 22.4. The van der Waals surface area contributed by atoms with Crippen LogP contribution in [0.5, 0.6) is 0 Å². The van der Waals surface area contributed by atoms with Gasteiger partial charge in [-0.05, 0) is 0 Å². The van der Waals surface area contributed by atoms with Crippen LogP contribution in [-0.2, 0) is 36.2 Å². The van der Waals surface area contributed by atoms with Crippen molar-refractivity contribution in [2.75, 3.05) is 13.2 Å². The fourth-order valence-corrected chi connectivity index (χ4v) is 7.16. The molecule has 0 aliphatic carbocycles. The van der Waals surface area contributed by atoms with E-state index in [1.165, 1.54) is 77.0 Å². The Hall–Kier alpha value is -0.456. The van der Waals surface area contributed by atoms with Gasteiger partial charge in [0, 0.05) is 0 Å². The van der Waals surface area contributed by atoms with Gasteiger partial charge in [0.1, 0.15) is 0 Å². The molecule has 0 N–H and O–H groups in total. The molecule has 0 fully saturated rings. The molecule has 5 nitrogen and oxygen atoms in total. The molecule has 0 rings (SSSR count). The number of hydrogen-bond acceptors (Lipinski definition) is 5. The normalized spacial score (nSPS) is 11.7. The van der Waals surface area contributed by atoms with Gasteiger partial charge in [-0.25, -0.2) is 0 Å². The van der Waals surface area contributed by atoms with Crippen molar-refractivity contribution in [3.63, 3.8) is 0 Å². The number of hydrogen-bond donors (Lipinski definition) is 0. The monoisotopic (exact) mass is 532 g/mol. The molecular formula is C29H56O5Ti. The van der Waals surface area contributed by atoms with E-state index in [2.05, 4.69) is 20.1 Å². The molecule has 0 aliphatic rings. The summed E-state index contributed by atoms with van der Waals surface area (Å²) in [4.78, 5) is 12.6. The van der Waals surface area contributed by atoms with E-state index in [9.17, 15) is 4.79 Å². The van der Waals surface area contributed by atoms with Crippen LogP contribution in [0.4, 0.5) is 0 Å². The van der Waals surface area contributed by atoms with Crippen molar-refractivity contribution in [3.8, 4) is 0 Å². The van der Waals surface area contributed by atoms with Gasteiger partial charge in [-0.15, -0.1) is 0 Å². The summed E-state index contributed by atoms with van der Waals surface area (Å²) in [6, 6.07) is 0. The van der Waals surface area contributed by atoms with Crippen molar-refractivity contribution < 1.29 is 36.2 Å². The van der Waals surface area contributed by atoms with E-state index in [-0.39, 0.29) is 25.3 Å². The van der Waals surface area contributed by atoms with Gasteiger partial charge >= 0.3 is 178 Å². The molecule has 0 aromatic carbocycles. The van der Waals surface area contributed by atoms with Crippen LogP contribution >= 0.6 is 0 Å². The first-order chi connectivity index (χ1) is 16.7. The van der Waals surface area contributed by atoms with Gasteiger partial charge in [0.15, 0.2) is 0 Å². The molecule has 0 saturated heterocycles. The molecule has 0 amide bonds. The van der Waals surface area contributed by atoms with Gasteiger partial charge < -0.3 is 0 Å². The molecule has 0 radical (unpaired) electrons. The first-order valence-corrected chi connectivity index (χ1v) is 16.7. The van der Waals surface area contributed by atoms with Crippen LogP contribution in [-0.4, -0.2) is 25.3 Å². The van der Waals surface area contributed by atoms with E-state index in [4.69, 9.17) is 13.3 Å². The van der Waals surface area contributed by atoms with Crippen molar-refractivity contribution in [2.24, 2.45) is 0 Å². The molecule has 0 aliphatic heterocycles. The molecule has 0 aromatic rings. The first kappa shape index (κ1) is 34.5. The Balaban J connectivity index is 4.09. The van der Waals surface area contributed by atoms with Crippen LogP contribution in [0, 0.1) is 0 Å². The Morgan fingerprint density at radius 2 is 1.06 bits per heavy atom. The summed E-state index contributed by atoms with van der Waals surface area (Å²) in [6.45, 7) is 18.0. The second-order valence-electron chi connectivity index (χ2n) is 10.3. The molecule has 0 aromatic heterocycles. The molecule has 0 heterocycles. The standard InChI is InChI=1S/C18H36O2.2C4H7O.C3H7O.Ti/c1-2-3-4-5-6-7-8-9-10-11-12-13-14-15-16-17-18(19)20;2*1-4(2)3-5;1-3(2)4;/h2-17H2,1H3,(H,19,20);2*1,3H2,2H3;3H,1-2H3;/q;3*-1;+4/p-1. The predicted octanol–water partition coefficient (Wildman–Crippen LogP) is 9.22. The Morgan fingerprint density at radius 1 is 0.686 bits per heavy atom. The maximum atomic E-state index is 12.6. The fourth-order valence-electron chi connectivity index (χ4n) is 3.74. The van der Waals surface area contributed by atoms with Crippen molar-refractivity contribution in [1.29, 1.82) is 0 Å². The van der Waals surface area contributed by atoms with Crippen LogP contribution in [0.1, 0.15) is 137 Å². The zero-order valence-corrected chi connectivity index (χ0v) is 25.3. The second kappa shape index (κ2) is 22.7. The van der Waals surface area contributed by atoms with E-state index < -0.39 is 18.1 Å². The van der Waals surface area contributed by atoms with Crippen LogP contribution < -0.4 is 0 Å². The third-order valence-electron chi connectivity index (χ3n) is 5.59. The molecule has 0 atom stereocenters. The average Bonchev–Trinajstić information content (AvgIpc) is 2.78. The summed E-state index contributed by atoms with van der Waals surface area (Å²) in [5.41, 5.74) is 1.65. The van der Waals surface area contributed by atoms with Gasteiger partial charge in [0.25, 0.3) is 0 Å². The van der Waals surface area contributed by atoms with Crippen LogP contribution in [0.25, 0.3) is 0 Å². The van der Waals surface area contributed by atoms with E-state index >= 15 is 0 Å². The zero-order valence-electron chi connectivity index (χ0n) is 23.8. The van der Waals surface area contributed by atoms with Gasteiger partial charge in [-0.3, -0.25) is 0 Å². The van der Waals surface area contributed by atoms with Crippen molar-refractivity contribution >= 4 is 5.97 Å². The minimum absolute atomic E-state index is 0.177. The molecule has 6 heteroatoms. The third-order valence-corrected chi connectivity index (χ3v) is 9.08. The molecule has 0 saturated carbocycles. The SMILES string of the molecule is C=C(C)C[O][Ti]([O]CC(=C)C)([O]C(=O)CCCCCCCCCCCCCCCCC)[O]C(C)C. The number of rotatable bonds is 25. The van der Waals surface area contributed by atoms with Gasteiger partial charge in [0.2, 0.25) is 0 Å². The van der Waals surface area contributed by atoms with E-state index in [0.29, 0.717) is 6.42 Å². The molecule has 0 bridgehead atoms. The molecule has 0 spiro atoms. The predicted molar refractivity (Wildman–Crippen MR) is 143 cm³/mol. The van der Waals surface area contributed by atoms with Gasteiger partial charge in [-0.2, -0.15) is 0 Å². The molecular weight excluding hydrogens is 476 g/mol. The zero-order chi connectivity index (χ0) is 26.4. The van der Waals surface area contributed by atoms with Crippen molar-refractivity contribution in [2.45, 2.75) is 143 Å². The van der Waals surface area contributed by atoms with Crippen molar-refractivity contribution in [1.82, 2.24) is 0 Å². The van der Waals surface area contributed by atoms with Gasteiger partial charge in [0.05, 0.1) is 0 Å². The van der Waals surface area contributed by atoms with E-state index in [0.717, 1.165) is 30.4 Å². The Morgan fingerprint density at radius 3 is 1.40 bits per heavy atom. The molecule has 35 heavy (non-hydrogen) atoms. The van der Waals surface area contributed by atoms with Crippen LogP contribution in [0.15, 0.2) is 24.3 Å². The fraction of sp³-hybridized carbons (Fsp3) is 0.828. The average molecular weight is 533 g/mol. The van der Waals surface area contributed by atoms with E-state index in [1.54, 1.807) is 0 Å². The second-order valence-corrected chi connectivity index (χ2v) is 13.5. The molecule has 206 valence electrons. The number of unbranched alkanes of at least 4 members (excludes halogenated alkanes) is 14. The minimum atomic E-state index is -4.24. The summed E-state index contributed by atoms with van der Waals surface area (Å²) in [5.74, 6) is -0.302. The van der Waals surface area contributed by atoms with Gasteiger partial charge in [-0.1, -0.05) is 45.4 Å². The summed E-state index contributed by atoms with van der Waals surface area (Å²) in [6.07, 6.45) is 19.6. The van der Waals surface area contributed by atoms with Crippen LogP contribution in [0.2, 0.25) is 0 Å². The maximum absolute atomic E-state index is 12.6. The Bertz CT molecular complexity index is 543. The number of carbonyl (C=O) groups excluding carboxylic acids is 1. The summed E-state index contributed by atoms with van der Waals surface area (Å²) < 4.78 is 23.5. The number of carbonyl (C=O) groups is 1. The van der Waals surface area contributed by atoms with E-state index in [1.807, 2.05) is 27.7 Å². The summed E-state index contributed by atoms with van der Waals surface area (Å²) in [5, 5.41) is 0. The summed E-state index contributed by atoms with van der Waals surface area (Å²) >= 11 is -4.24. The molecule has 0 unspecified atom stereocenters. The third kappa shape index (κ3) is 22.5. The quantitative estimate of drug-likeness (QED) is 0.0666. The Labute approximate surface area is 222 Å². The topological polar surface area (TPSA) is 54.0 Å². The first-order valence-electron chi connectivity index (χ1n) is 14.2.